The van der Waals surface area contributed by atoms with Crippen LogP contribution in [0.2, 0.25) is 0 Å². The van der Waals surface area contributed by atoms with Crippen LogP contribution >= 0.6 is 17.0 Å². The molecule has 1 fully saturated rings. The van der Waals surface area contributed by atoms with Crippen LogP contribution in [0.3, 0.4) is 0 Å². The van der Waals surface area contributed by atoms with Crippen molar-refractivity contribution in [1.82, 2.24) is 4.90 Å². The van der Waals surface area contributed by atoms with Crippen LogP contribution in [0.4, 0.5) is 0 Å². The summed E-state index contributed by atoms with van der Waals surface area (Å²) in [7, 11) is 0. The lowest BCUT2D eigenvalue weighted by Gasteiger charge is -2.77. The van der Waals surface area contributed by atoms with E-state index in [0.717, 1.165) is 0 Å². The van der Waals surface area contributed by atoms with E-state index in [-0.39, 0.29) is 17.0 Å². The fourth-order valence-corrected chi connectivity index (χ4v) is 9.19. The van der Waals surface area contributed by atoms with Crippen molar-refractivity contribution in [3.05, 3.63) is 0 Å². The normalized spacial score (nSPS) is 25.8. The van der Waals surface area contributed by atoms with E-state index in [0.29, 0.717) is 27.8 Å². The molecule has 1 aliphatic heterocycles. The number of nitrogens with zero attached hydrogens (tertiary/aromatic N) is 1. The van der Waals surface area contributed by atoms with Crippen molar-refractivity contribution in [2.75, 3.05) is 6.54 Å². The third-order valence-electron chi connectivity index (χ3n) is 9.90. The molecule has 1 unspecified atom stereocenters. The first-order chi connectivity index (χ1) is 12.4. The molecule has 0 bridgehead atoms. The van der Waals surface area contributed by atoms with Crippen molar-refractivity contribution < 1.29 is 0 Å². The van der Waals surface area contributed by atoms with Gasteiger partial charge in [-0.1, -0.05) is 69.2 Å². The Morgan fingerprint density at radius 2 is 0.963 bits per heavy atom. The van der Waals surface area contributed by atoms with Gasteiger partial charge in [0.25, 0.3) is 0 Å². The second kappa shape index (κ2) is 10.5. The highest BCUT2D eigenvalue weighted by atomic mass is 79.9. The topological polar surface area (TPSA) is 3.24 Å². The Kier molecular flexibility index (Phi) is 10.6. The van der Waals surface area contributed by atoms with E-state index in [2.05, 4.69) is 74.1 Å². The smallest absolute Gasteiger partial charge is 0.0268 e. The van der Waals surface area contributed by atoms with Gasteiger partial charge in [-0.05, 0) is 80.6 Å². The predicted octanol–water partition coefficient (Wildman–Crippen LogP) is 8.66. The molecule has 1 atom stereocenters. The number of hydrogen-bond donors (Lipinski definition) is 0. The first kappa shape index (κ1) is 27.4. The van der Waals surface area contributed by atoms with Gasteiger partial charge in [0.05, 0.1) is 0 Å². The van der Waals surface area contributed by atoms with E-state index in [9.17, 15) is 0 Å². The third kappa shape index (κ3) is 3.09. The van der Waals surface area contributed by atoms with Crippen LogP contribution in [-0.4, -0.2) is 23.0 Å². The first-order valence-corrected chi connectivity index (χ1v) is 12.1. The lowest BCUT2D eigenvalue weighted by Crippen LogP contribution is -2.78. The Morgan fingerprint density at radius 3 is 1.19 bits per heavy atom. The summed E-state index contributed by atoms with van der Waals surface area (Å²) in [5.41, 5.74) is 1.61. The summed E-state index contributed by atoms with van der Waals surface area (Å²) in [6.45, 7) is 26.1. The van der Waals surface area contributed by atoms with Crippen LogP contribution in [0, 0.1) is 16.2 Å². The van der Waals surface area contributed by atoms with Gasteiger partial charge in [0.2, 0.25) is 0 Å². The van der Waals surface area contributed by atoms with Crippen molar-refractivity contribution in [1.29, 1.82) is 0 Å². The van der Waals surface area contributed by atoms with E-state index >= 15 is 0 Å². The minimum Gasteiger partial charge on any atom is -0.294 e. The summed E-state index contributed by atoms with van der Waals surface area (Å²) in [5.74, 6) is 0. The predicted molar refractivity (Wildman–Crippen MR) is 129 cm³/mol. The summed E-state index contributed by atoms with van der Waals surface area (Å²) < 4.78 is 0. The van der Waals surface area contributed by atoms with E-state index in [1.165, 1.54) is 64.3 Å². The Labute approximate surface area is 183 Å². The molecule has 0 aromatic carbocycles. The third-order valence-corrected chi connectivity index (χ3v) is 9.90. The minimum atomic E-state index is 0. The van der Waals surface area contributed by atoms with Crippen molar-refractivity contribution in [3.63, 3.8) is 0 Å². The standard InChI is InChI=1S/C25H51N.BrH/c1-11-21-22(12-2,13-3)23(14-4,15-5)24(16-6,17-7)25(18-8,19-9)26(21)20-10;/h21H,11-20H2,1-10H3;1H. The quantitative estimate of drug-likeness (QED) is 0.324. The lowest BCUT2D eigenvalue weighted by atomic mass is 9.35. The van der Waals surface area contributed by atoms with Gasteiger partial charge in [-0.2, -0.15) is 0 Å². The van der Waals surface area contributed by atoms with Crippen molar-refractivity contribution in [3.8, 4) is 0 Å². The Hall–Kier alpha value is 0.440. The second-order valence-corrected chi connectivity index (χ2v) is 8.89. The molecule has 0 aromatic heterocycles. The van der Waals surface area contributed by atoms with E-state index < -0.39 is 0 Å². The summed E-state index contributed by atoms with van der Waals surface area (Å²) in [6.07, 6.45) is 11.8. The Bertz CT molecular complexity index is 374. The van der Waals surface area contributed by atoms with Crippen LogP contribution in [0.5, 0.6) is 0 Å². The van der Waals surface area contributed by atoms with Gasteiger partial charge in [0.1, 0.15) is 0 Å². The Morgan fingerprint density at radius 1 is 0.556 bits per heavy atom. The van der Waals surface area contributed by atoms with Crippen molar-refractivity contribution in [2.45, 2.75) is 139 Å². The average molecular weight is 447 g/mol. The molecule has 0 radical (unpaired) electrons. The molecule has 2 heteroatoms. The largest absolute Gasteiger partial charge is 0.294 e. The van der Waals surface area contributed by atoms with Crippen LogP contribution in [0.1, 0.15) is 127 Å². The second-order valence-electron chi connectivity index (χ2n) is 8.89. The van der Waals surface area contributed by atoms with Crippen LogP contribution in [0.25, 0.3) is 0 Å². The van der Waals surface area contributed by atoms with E-state index in [4.69, 9.17) is 0 Å². The zero-order valence-corrected chi connectivity index (χ0v) is 22.2. The summed E-state index contributed by atoms with van der Waals surface area (Å²) >= 11 is 0. The van der Waals surface area contributed by atoms with Crippen LogP contribution in [-0.2, 0) is 0 Å². The molecule has 0 aliphatic carbocycles. The highest BCUT2D eigenvalue weighted by Gasteiger charge is 2.71. The number of halogens is 1. The maximum Gasteiger partial charge on any atom is 0.0268 e. The maximum absolute atomic E-state index is 3.02. The molecule has 1 aliphatic rings. The summed E-state index contributed by atoms with van der Waals surface area (Å²) in [4.78, 5) is 3.02. The molecule has 27 heavy (non-hydrogen) atoms. The molecule has 164 valence electrons. The van der Waals surface area contributed by atoms with E-state index in [1.807, 2.05) is 0 Å². The molecule has 1 rings (SSSR count). The van der Waals surface area contributed by atoms with Gasteiger partial charge in [-0.25, -0.2) is 0 Å². The molecular weight excluding hydrogens is 394 g/mol. The van der Waals surface area contributed by atoms with Gasteiger partial charge in [0, 0.05) is 11.6 Å². The zero-order valence-electron chi connectivity index (χ0n) is 20.5. The molecule has 1 heterocycles. The molecule has 1 nitrogen and oxygen atoms in total. The molecule has 1 saturated heterocycles. The van der Waals surface area contributed by atoms with Crippen molar-refractivity contribution >= 4 is 17.0 Å². The van der Waals surface area contributed by atoms with Crippen LogP contribution in [0.15, 0.2) is 0 Å². The monoisotopic (exact) mass is 445 g/mol. The average Bonchev–Trinajstić information content (AvgIpc) is 2.70. The molecule has 0 spiro atoms. The van der Waals surface area contributed by atoms with Gasteiger partial charge >= 0.3 is 0 Å². The Balaban J connectivity index is 0.00000676. The number of likely N-dealkylation sites (tertiary alicyclic amines) is 1. The molecule has 0 N–H and O–H groups in total. The van der Waals surface area contributed by atoms with Crippen LogP contribution < -0.4 is 0 Å². The number of rotatable bonds is 10. The van der Waals surface area contributed by atoms with E-state index in [1.54, 1.807) is 0 Å². The molecular formula is C25H52BrN. The summed E-state index contributed by atoms with van der Waals surface area (Å²) in [5, 5.41) is 0. The first-order valence-electron chi connectivity index (χ1n) is 12.1. The summed E-state index contributed by atoms with van der Waals surface area (Å²) in [6, 6.07) is 0.716. The highest BCUT2D eigenvalue weighted by Crippen LogP contribution is 2.73. The number of hydrogen-bond acceptors (Lipinski definition) is 1. The van der Waals surface area contributed by atoms with Gasteiger partial charge < -0.3 is 0 Å². The fraction of sp³-hybridized carbons (Fsp3) is 1.00. The molecule has 0 saturated carbocycles. The van der Waals surface area contributed by atoms with Gasteiger partial charge in [-0.3, -0.25) is 4.90 Å². The SMILES string of the molecule is Br.CCC1N(CC)C(CC)(CC)C(CC)(CC)C(CC)(CC)C1(CC)CC. The highest BCUT2D eigenvalue weighted by molar-refractivity contribution is 8.93. The molecule has 0 aromatic rings. The van der Waals surface area contributed by atoms with Gasteiger partial charge in [-0.15, -0.1) is 17.0 Å². The van der Waals surface area contributed by atoms with Gasteiger partial charge in [0.15, 0.2) is 0 Å². The minimum absolute atomic E-state index is 0. The molecule has 0 amide bonds. The maximum atomic E-state index is 3.02. The lowest BCUT2D eigenvalue weighted by molar-refractivity contribution is -0.275. The number of piperidine rings is 1. The van der Waals surface area contributed by atoms with Crippen molar-refractivity contribution in [2.24, 2.45) is 16.2 Å². The zero-order chi connectivity index (χ0) is 20.2. The fourth-order valence-electron chi connectivity index (χ4n) is 9.19.